The van der Waals surface area contributed by atoms with Crippen LogP contribution in [0, 0.1) is 0 Å². The van der Waals surface area contributed by atoms with Gasteiger partial charge in [0.05, 0.1) is 13.7 Å². The highest BCUT2D eigenvalue weighted by Gasteiger charge is 2.26. The Hall–Kier alpha value is -2.83. The van der Waals surface area contributed by atoms with E-state index in [1.165, 1.54) is 0 Å². The van der Waals surface area contributed by atoms with Gasteiger partial charge in [0.15, 0.2) is 0 Å². The SMILES string of the molecule is COc1ccc(CN2CCN(C(=O)CCCn3cccn3)CC2=O)cc1. The van der Waals surface area contributed by atoms with E-state index in [1.807, 2.05) is 41.2 Å². The smallest absolute Gasteiger partial charge is 0.242 e. The Balaban J connectivity index is 1.44. The highest BCUT2D eigenvalue weighted by Crippen LogP contribution is 2.15. The molecule has 2 aromatic rings. The van der Waals surface area contributed by atoms with Gasteiger partial charge in [-0.3, -0.25) is 14.3 Å². The van der Waals surface area contributed by atoms with Gasteiger partial charge in [0.1, 0.15) is 5.75 Å². The zero-order valence-corrected chi connectivity index (χ0v) is 15.0. The molecule has 3 rings (SSSR count). The minimum absolute atomic E-state index is 0.00695. The largest absolute Gasteiger partial charge is 0.497 e. The Morgan fingerprint density at radius 1 is 1.23 bits per heavy atom. The Kier molecular flexibility index (Phi) is 5.88. The minimum Gasteiger partial charge on any atom is -0.497 e. The summed E-state index contributed by atoms with van der Waals surface area (Å²) in [6.07, 6.45) is 4.76. The lowest BCUT2D eigenvalue weighted by Crippen LogP contribution is -2.51. The van der Waals surface area contributed by atoms with Crippen molar-refractivity contribution >= 4 is 11.8 Å². The Morgan fingerprint density at radius 3 is 2.69 bits per heavy atom. The van der Waals surface area contributed by atoms with Crippen LogP contribution in [0.25, 0.3) is 0 Å². The second-order valence-corrected chi connectivity index (χ2v) is 6.35. The maximum absolute atomic E-state index is 12.4. The van der Waals surface area contributed by atoms with Gasteiger partial charge in [-0.25, -0.2) is 0 Å². The highest BCUT2D eigenvalue weighted by atomic mass is 16.5. The fraction of sp³-hybridized carbons (Fsp3) is 0.421. The first kappa shape index (κ1) is 18.0. The third-order valence-electron chi connectivity index (χ3n) is 4.54. The molecule has 0 saturated carbocycles. The molecule has 0 aliphatic carbocycles. The van der Waals surface area contributed by atoms with E-state index in [1.54, 1.807) is 23.1 Å². The van der Waals surface area contributed by atoms with Crippen LogP contribution in [0.15, 0.2) is 42.7 Å². The van der Waals surface area contributed by atoms with Crippen LogP contribution in [-0.4, -0.2) is 58.1 Å². The van der Waals surface area contributed by atoms with Crippen molar-refractivity contribution in [1.82, 2.24) is 19.6 Å². The third kappa shape index (κ3) is 4.62. The molecule has 0 atom stereocenters. The summed E-state index contributed by atoms with van der Waals surface area (Å²) in [6, 6.07) is 9.55. The second-order valence-electron chi connectivity index (χ2n) is 6.35. The molecule has 0 spiro atoms. The van der Waals surface area contributed by atoms with Crippen LogP contribution in [0.5, 0.6) is 5.75 Å². The van der Waals surface area contributed by atoms with Gasteiger partial charge in [-0.15, -0.1) is 0 Å². The van der Waals surface area contributed by atoms with E-state index in [9.17, 15) is 9.59 Å². The number of rotatable bonds is 7. The van der Waals surface area contributed by atoms with Gasteiger partial charge in [-0.2, -0.15) is 5.10 Å². The molecule has 2 amide bonds. The molecule has 1 aromatic carbocycles. The average Bonchev–Trinajstić information content (AvgIpc) is 3.17. The zero-order valence-electron chi connectivity index (χ0n) is 15.0. The van der Waals surface area contributed by atoms with Crippen molar-refractivity contribution in [2.45, 2.75) is 25.9 Å². The topological polar surface area (TPSA) is 67.7 Å². The number of hydrogen-bond donors (Lipinski definition) is 0. The summed E-state index contributed by atoms with van der Waals surface area (Å²) in [5.74, 6) is 0.827. The molecule has 0 unspecified atom stereocenters. The molecule has 1 aromatic heterocycles. The summed E-state index contributed by atoms with van der Waals surface area (Å²) >= 11 is 0. The van der Waals surface area contributed by atoms with Gasteiger partial charge >= 0.3 is 0 Å². The fourth-order valence-electron chi connectivity index (χ4n) is 3.02. The van der Waals surface area contributed by atoms with E-state index in [0.29, 0.717) is 32.6 Å². The number of piperazine rings is 1. The molecule has 1 fully saturated rings. The maximum Gasteiger partial charge on any atom is 0.242 e. The summed E-state index contributed by atoms with van der Waals surface area (Å²) in [4.78, 5) is 28.2. The Morgan fingerprint density at radius 2 is 2.04 bits per heavy atom. The third-order valence-corrected chi connectivity index (χ3v) is 4.54. The first-order chi connectivity index (χ1) is 12.7. The normalized spacial score (nSPS) is 14.6. The van der Waals surface area contributed by atoms with Crippen molar-refractivity contribution in [3.05, 3.63) is 48.3 Å². The van der Waals surface area contributed by atoms with Crippen LogP contribution in [-0.2, 0) is 22.7 Å². The molecular weight excluding hydrogens is 332 g/mol. The standard InChI is InChI=1S/C19H24N4O3/c1-26-17-7-5-16(6-8-17)14-21-12-13-22(15-19(21)25)18(24)4-2-10-23-11-3-9-20-23/h3,5-9,11H,2,4,10,12-15H2,1H3. The zero-order chi connectivity index (χ0) is 18.4. The quantitative estimate of drug-likeness (QED) is 0.755. The van der Waals surface area contributed by atoms with E-state index >= 15 is 0 Å². The second kappa shape index (κ2) is 8.51. The molecule has 7 nitrogen and oxygen atoms in total. The van der Waals surface area contributed by atoms with Crippen molar-refractivity contribution in [2.24, 2.45) is 0 Å². The number of carbonyl (C=O) groups is 2. The lowest BCUT2D eigenvalue weighted by Gasteiger charge is -2.34. The maximum atomic E-state index is 12.4. The number of ether oxygens (including phenoxy) is 1. The monoisotopic (exact) mass is 356 g/mol. The number of benzene rings is 1. The summed E-state index contributed by atoms with van der Waals surface area (Å²) in [5, 5.41) is 4.12. The predicted molar refractivity (Wildman–Crippen MR) is 96.5 cm³/mol. The number of hydrogen-bond acceptors (Lipinski definition) is 4. The number of carbonyl (C=O) groups excluding carboxylic acids is 2. The van der Waals surface area contributed by atoms with E-state index in [-0.39, 0.29) is 18.4 Å². The van der Waals surface area contributed by atoms with Crippen molar-refractivity contribution in [3.63, 3.8) is 0 Å². The van der Waals surface area contributed by atoms with Gasteiger partial charge in [0, 0.05) is 45.0 Å². The van der Waals surface area contributed by atoms with Gasteiger partial charge in [0.2, 0.25) is 11.8 Å². The molecule has 2 heterocycles. The molecule has 1 aliphatic heterocycles. The summed E-state index contributed by atoms with van der Waals surface area (Å²) < 4.78 is 6.96. The first-order valence-electron chi connectivity index (χ1n) is 8.81. The molecule has 26 heavy (non-hydrogen) atoms. The molecule has 1 saturated heterocycles. The fourth-order valence-corrected chi connectivity index (χ4v) is 3.02. The molecule has 0 bridgehead atoms. The predicted octanol–water partition coefficient (Wildman–Crippen LogP) is 1.54. The van der Waals surface area contributed by atoms with E-state index < -0.39 is 0 Å². The van der Waals surface area contributed by atoms with E-state index in [4.69, 9.17) is 4.74 Å². The average molecular weight is 356 g/mol. The van der Waals surface area contributed by atoms with Crippen LogP contribution >= 0.6 is 0 Å². The summed E-state index contributed by atoms with van der Waals surface area (Å²) in [5.41, 5.74) is 1.05. The molecule has 138 valence electrons. The molecule has 1 aliphatic rings. The number of nitrogens with zero attached hydrogens (tertiary/aromatic N) is 4. The van der Waals surface area contributed by atoms with Crippen molar-refractivity contribution in [1.29, 1.82) is 0 Å². The number of aryl methyl sites for hydroxylation is 1. The van der Waals surface area contributed by atoms with Crippen LogP contribution in [0.4, 0.5) is 0 Å². The van der Waals surface area contributed by atoms with Crippen molar-refractivity contribution in [2.75, 3.05) is 26.7 Å². The van der Waals surface area contributed by atoms with E-state index in [2.05, 4.69) is 5.10 Å². The Labute approximate surface area is 153 Å². The lowest BCUT2D eigenvalue weighted by molar-refractivity contribution is -0.145. The number of amides is 2. The summed E-state index contributed by atoms with van der Waals surface area (Å²) in [6.45, 7) is 2.59. The van der Waals surface area contributed by atoms with Gasteiger partial charge < -0.3 is 14.5 Å². The highest BCUT2D eigenvalue weighted by molar-refractivity contribution is 5.86. The van der Waals surface area contributed by atoms with E-state index in [0.717, 1.165) is 17.7 Å². The van der Waals surface area contributed by atoms with Crippen LogP contribution in [0.2, 0.25) is 0 Å². The lowest BCUT2D eigenvalue weighted by atomic mass is 10.1. The number of methoxy groups -OCH3 is 1. The molecular formula is C19H24N4O3. The van der Waals surface area contributed by atoms with Crippen LogP contribution in [0.1, 0.15) is 18.4 Å². The molecule has 7 heteroatoms. The minimum atomic E-state index is -0.00695. The van der Waals surface area contributed by atoms with Crippen LogP contribution in [0.3, 0.4) is 0 Å². The van der Waals surface area contributed by atoms with Gasteiger partial charge in [-0.1, -0.05) is 12.1 Å². The Bertz CT molecular complexity index is 728. The van der Waals surface area contributed by atoms with Gasteiger partial charge in [0.25, 0.3) is 0 Å². The van der Waals surface area contributed by atoms with Gasteiger partial charge in [-0.05, 0) is 30.2 Å². The van der Waals surface area contributed by atoms with Crippen LogP contribution < -0.4 is 4.74 Å². The van der Waals surface area contributed by atoms with Crippen molar-refractivity contribution in [3.8, 4) is 5.75 Å². The first-order valence-corrected chi connectivity index (χ1v) is 8.81. The molecule has 0 radical (unpaired) electrons. The summed E-state index contributed by atoms with van der Waals surface area (Å²) in [7, 11) is 1.63. The van der Waals surface area contributed by atoms with Crippen molar-refractivity contribution < 1.29 is 14.3 Å². The molecule has 0 N–H and O–H groups in total. The number of aromatic nitrogens is 2.